The summed E-state index contributed by atoms with van der Waals surface area (Å²) in [6.45, 7) is 2.00. The Hall–Kier alpha value is -0.172. The van der Waals surface area contributed by atoms with Crippen molar-refractivity contribution in [3.63, 3.8) is 0 Å². The Morgan fingerprint density at radius 3 is 2.56 bits per heavy atom. The van der Waals surface area contributed by atoms with E-state index in [0.717, 1.165) is 0 Å². The second-order valence-electron chi connectivity index (χ2n) is 1.13. The smallest absolute Gasteiger partial charge is 0.541 e. The van der Waals surface area contributed by atoms with E-state index < -0.39 is 5.97 Å². The largest absolute Gasteiger partial charge is 2.00 e. The quantitative estimate of drug-likeness (QED) is 0.420. The van der Waals surface area contributed by atoms with E-state index in [2.05, 4.69) is 4.74 Å². The average molecular weight is 299 g/mol. The van der Waals surface area contributed by atoms with E-state index in [1.54, 1.807) is 6.92 Å². The molecule has 0 saturated carbocycles. The zero-order chi connectivity index (χ0) is 6.41. The monoisotopic (exact) mass is 299 g/mol. The van der Waals surface area contributed by atoms with Gasteiger partial charge in [0.1, 0.15) is 0 Å². The van der Waals surface area contributed by atoms with Crippen molar-refractivity contribution in [3.8, 4) is 0 Å². The molecular weight excluding hydrogens is 292 g/mol. The summed E-state index contributed by atoms with van der Waals surface area (Å²) in [7, 11) is 0. The molecule has 9 heavy (non-hydrogen) atoms. The van der Waals surface area contributed by atoms with Crippen LogP contribution in [0, 0.1) is 0 Å². The minimum absolute atomic E-state index is 0. The molecule has 0 atom stereocenters. The van der Waals surface area contributed by atoms with Gasteiger partial charge in [0.2, 0.25) is 0 Å². The fourth-order valence-electron chi connectivity index (χ4n) is 0.271. The third-order valence-corrected chi connectivity index (χ3v) is 0.522. The number of hydrogen-bond acceptors (Lipinski definition) is 3. The second kappa shape index (κ2) is 7.83. The Morgan fingerprint density at radius 1 is 1.67 bits per heavy atom. The Morgan fingerprint density at radius 2 is 2.22 bits per heavy atom. The van der Waals surface area contributed by atoms with Crippen LogP contribution >= 0.6 is 0 Å². The van der Waals surface area contributed by atoms with Gasteiger partial charge in [0.25, 0.3) is 5.97 Å². The third kappa shape index (κ3) is 7.83. The minimum atomic E-state index is -0.512. The molecule has 0 aromatic heterocycles. The first-order valence-electron chi connectivity index (χ1n) is 2.32. The van der Waals surface area contributed by atoms with Gasteiger partial charge >= 0.3 is 21.1 Å². The van der Waals surface area contributed by atoms with Crippen LogP contribution in [0.25, 0.3) is 0 Å². The molecule has 4 heteroatoms. The standard InChI is InChI=1S/C5H7O3.W/c1-2-8-5(7)3-4-6;/h2-3H2,1H3;/q-1;+2. The Balaban J connectivity index is 0. The molecular formula is C5H7O3W+. The van der Waals surface area contributed by atoms with Crippen LogP contribution in [-0.2, 0) is 35.4 Å². The van der Waals surface area contributed by atoms with E-state index in [9.17, 15) is 9.59 Å². The number of carbonyl (C=O) groups is 1. The molecule has 0 spiro atoms. The van der Waals surface area contributed by atoms with E-state index in [1.165, 1.54) is 6.29 Å². The maximum atomic E-state index is 10.2. The van der Waals surface area contributed by atoms with E-state index in [4.69, 9.17) is 0 Å². The van der Waals surface area contributed by atoms with Crippen molar-refractivity contribution >= 4 is 12.3 Å². The molecule has 0 rings (SSSR count). The summed E-state index contributed by atoms with van der Waals surface area (Å²) in [5.41, 5.74) is 0. The summed E-state index contributed by atoms with van der Waals surface area (Å²) in [5.74, 6) is -0.512. The molecule has 0 aliphatic carbocycles. The van der Waals surface area contributed by atoms with Gasteiger partial charge in [-0.15, -0.1) is 0 Å². The number of esters is 1. The molecule has 0 aromatic rings. The first-order valence-corrected chi connectivity index (χ1v) is 2.32. The van der Waals surface area contributed by atoms with Crippen LogP contribution in [0.3, 0.4) is 0 Å². The van der Waals surface area contributed by atoms with Crippen molar-refractivity contribution in [3.05, 3.63) is 0 Å². The topological polar surface area (TPSA) is 43.4 Å². The fraction of sp³-hybridized carbons (Fsp3) is 0.600. The molecule has 0 aromatic carbocycles. The Labute approximate surface area is 68.0 Å². The van der Waals surface area contributed by atoms with Crippen molar-refractivity contribution in [1.82, 2.24) is 0 Å². The van der Waals surface area contributed by atoms with Gasteiger partial charge in [-0.2, -0.15) is 0 Å². The van der Waals surface area contributed by atoms with E-state index in [0.29, 0.717) is 6.61 Å². The number of rotatable bonds is 3. The van der Waals surface area contributed by atoms with Crippen LogP contribution in [0.2, 0.25) is 0 Å². The normalized spacial score (nSPS) is 7.22. The van der Waals surface area contributed by atoms with E-state index in [-0.39, 0.29) is 27.5 Å². The summed E-state index contributed by atoms with van der Waals surface area (Å²) in [4.78, 5) is 19.6. The maximum Gasteiger partial charge on any atom is 2.00 e. The number of ether oxygens (including phenoxy) is 1. The Bertz CT molecular complexity index is 92.2. The molecule has 0 unspecified atom stereocenters. The average Bonchev–Trinajstić information content (AvgIpc) is 1.68. The van der Waals surface area contributed by atoms with Gasteiger partial charge < -0.3 is 9.53 Å². The summed E-state index contributed by atoms with van der Waals surface area (Å²) >= 11 is 0. The predicted octanol–water partition coefficient (Wildman–Crippen LogP) is 0.0468. The van der Waals surface area contributed by atoms with Crippen LogP contribution in [-0.4, -0.2) is 18.9 Å². The Kier molecular flexibility index (Phi) is 10.1. The number of hydrogen-bond donors (Lipinski definition) is 0. The van der Waals surface area contributed by atoms with Gasteiger partial charge in [-0.05, 0) is 6.92 Å². The van der Waals surface area contributed by atoms with Gasteiger partial charge in [0.15, 0.2) is 0 Å². The second-order valence-corrected chi connectivity index (χ2v) is 1.13. The van der Waals surface area contributed by atoms with Crippen LogP contribution in [0.1, 0.15) is 13.3 Å². The summed E-state index contributed by atoms with van der Waals surface area (Å²) in [6.07, 6.45) is 1.17. The zero-order valence-corrected chi connectivity index (χ0v) is 7.98. The molecule has 50 valence electrons. The molecule has 0 amide bonds. The van der Waals surface area contributed by atoms with Crippen LogP contribution in [0.15, 0.2) is 0 Å². The SMILES string of the molecule is CCOC(=O)C[C-]=O.[W+2]. The van der Waals surface area contributed by atoms with Crippen molar-refractivity contribution in [2.75, 3.05) is 6.61 Å². The fourth-order valence-corrected chi connectivity index (χ4v) is 0.271. The first kappa shape index (κ1) is 11.6. The summed E-state index contributed by atoms with van der Waals surface area (Å²) in [5, 5.41) is 0. The summed E-state index contributed by atoms with van der Waals surface area (Å²) in [6, 6.07) is 0. The molecule has 0 bridgehead atoms. The molecule has 0 aliphatic heterocycles. The van der Waals surface area contributed by atoms with Gasteiger partial charge in [0.05, 0.1) is 6.61 Å². The van der Waals surface area contributed by atoms with Crippen molar-refractivity contribution in [1.29, 1.82) is 0 Å². The van der Waals surface area contributed by atoms with Crippen LogP contribution in [0.5, 0.6) is 0 Å². The molecule has 0 radical (unpaired) electrons. The van der Waals surface area contributed by atoms with Gasteiger partial charge in [-0.1, -0.05) is 6.42 Å². The van der Waals surface area contributed by atoms with Gasteiger partial charge in [0, 0.05) is 0 Å². The van der Waals surface area contributed by atoms with Gasteiger partial charge in [-0.25, -0.2) is 0 Å². The molecule has 0 saturated heterocycles. The van der Waals surface area contributed by atoms with Gasteiger partial charge in [-0.3, -0.25) is 11.1 Å². The summed E-state index contributed by atoms with van der Waals surface area (Å²) < 4.78 is 4.38. The first-order chi connectivity index (χ1) is 3.81. The van der Waals surface area contributed by atoms with E-state index >= 15 is 0 Å². The van der Waals surface area contributed by atoms with Crippen LogP contribution < -0.4 is 0 Å². The number of carbonyl (C=O) groups excluding carboxylic acids is 2. The minimum Gasteiger partial charge on any atom is -0.541 e. The third-order valence-electron chi connectivity index (χ3n) is 0.522. The van der Waals surface area contributed by atoms with Crippen molar-refractivity contribution in [2.45, 2.75) is 13.3 Å². The van der Waals surface area contributed by atoms with Crippen LogP contribution in [0.4, 0.5) is 0 Å². The molecule has 0 aliphatic rings. The maximum absolute atomic E-state index is 10.2. The zero-order valence-electron chi connectivity index (χ0n) is 5.05. The molecule has 0 heterocycles. The molecule has 0 fully saturated rings. The van der Waals surface area contributed by atoms with E-state index in [1.807, 2.05) is 0 Å². The predicted molar refractivity (Wildman–Crippen MR) is 26.9 cm³/mol. The molecule has 3 nitrogen and oxygen atoms in total. The molecule has 0 N–H and O–H groups in total. The van der Waals surface area contributed by atoms with Crippen molar-refractivity contribution < 1.29 is 35.4 Å². The van der Waals surface area contributed by atoms with Crippen molar-refractivity contribution in [2.24, 2.45) is 0 Å².